The summed E-state index contributed by atoms with van der Waals surface area (Å²) in [4.78, 5) is 11.5. The molecule has 114 valence electrons. The van der Waals surface area contributed by atoms with Crippen LogP contribution in [0.5, 0.6) is 0 Å². The lowest BCUT2D eigenvalue weighted by Gasteiger charge is -2.27. The maximum Gasteiger partial charge on any atom is 0.308 e. The first-order valence-electron chi connectivity index (χ1n) is 8.14. The van der Waals surface area contributed by atoms with E-state index in [-0.39, 0.29) is 11.9 Å². The number of rotatable bonds is 5. The van der Waals surface area contributed by atoms with Crippen molar-refractivity contribution in [1.29, 1.82) is 0 Å². The van der Waals surface area contributed by atoms with Crippen LogP contribution in [0.2, 0.25) is 0 Å². The third-order valence-corrected chi connectivity index (χ3v) is 5.07. The third kappa shape index (κ3) is 3.65. The lowest BCUT2D eigenvalue weighted by molar-refractivity contribution is -0.146. The van der Waals surface area contributed by atoms with E-state index < -0.39 is 0 Å². The van der Waals surface area contributed by atoms with Crippen LogP contribution in [0.3, 0.4) is 0 Å². The van der Waals surface area contributed by atoms with Gasteiger partial charge in [0, 0.05) is 12.0 Å². The molecule has 1 aromatic carbocycles. The lowest BCUT2D eigenvalue weighted by Crippen LogP contribution is -2.30. The van der Waals surface area contributed by atoms with Crippen molar-refractivity contribution in [2.75, 3.05) is 13.7 Å². The SMILES string of the molecule is COC(=O)C1CCC(CN[C@@H]2C[C@H]2c2ccccc2)CC1. The van der Waals surface area contributed by atoms with E-state index >= 15 is 0 Å². The maximum atomic E-state index is 11.5. The molecule has 3 nitrogen and oxygen atoms in total. The highest BCUT2D eigenvalue weighted by molar-refractivity contribution is 5.72. The number of benzene rings is 1. The molecule has 1 N–H and O–H groups in total. The van der Waals surface area contributed by atoms with Gasteiger partial charge in [0.25, 0.3) is 0 Å². The largest absolute Gasteiger partial charge is 0.469 e. The van der Waals surface area contributed by atoms with E-state index in [1.54, 1.807) is 0 Å². The van der Waals surface area contributed by atoms with E-state index in [0.29, 0.717) is 12.0 Å². The van der Waals surface area contributed by atoms with Gasteiger partial charge in [-0.25, -0.2) is 0 Å². The number of hydrogen-bond acceptors (Lipinski definition) is 3. The van der Waals surface area contributed by atoms with Crippen LogP contribution in [-0.2, 0) is 9.53 Å². The quantitative estimate of drug-likeness (QED) is 0.846. The Kier molecular flexibility index (Phi) is 4.59. The van der Waals surface area contributed by atoms with Crippen LogP contribution < -0.4 is 5.32 Å². The van der Waals surface area contributed by atoms with Crippen molar-refractivity contribution in [3.05, 3.63) is 35.9 Å². The van der Waals surface area contributed by atoms with Crippen molar-refractivity contribution in [3.63, 3.8) is 0 Å². The molecular weight excluding hydrogens is 262 g/mol. The Morgan fingerprint density at radius 2 is 1.90 bits per heavy atom. The van der Waals surface area contributed by atoms with E-state index in [1.807, 2.05) is 0 Å². The van der Waals surface area contributed by atoms with E-state index in [0.717, 1.165) is 38.1 Å². The van der Waals surface area contributed by atoms with Crippen molar-refractivity contribution in [2.24, 2.45) is 11.8 Å². The first-order chi connectivity index (χ1) is 10.3. The van der Waals surface area contributed by atoms with Crippen molar-refractivity contribution >= 4 is 5.97 Å². The Hall–Kier alpha value is -1.35. The normalized spacial score (nSPS) is 31.7. The minimum Gasteiger partial charge on any atom is -0.469 e. The van der Waals surface area contributed by atoms with Gasteiger partial charge in [0.15, 0.2) is 0 Å². The predicted octanol–water partition coefficient (Wildman–Crippen LogP) is 3.11. The summed E-state index contributed by atoms with van der Waals surface area (Å²) in [5.41, 5.74) is 1.46. The Morgan fingerprint density at radius 3 is 2.57 bits per heavy atom. The number of esters is 1. The Labute approximate surface area is 127 Å². The molecule has 2 aliphatic rings. The summed E-state index contributed by atoms with van der Waals surface area (Å²) in [6.07, 6.45) is 5.55. The summed E-state index contributed by atoms with van der Waals surface area (Å²) < 4.78 is 4.84. The standard InChI is InChI=1S/C18H25NO2/c1-21-18(20)15-9-7-13(8-10-15)12-19-17-11-16(17)14-5-3-2-4-6-14/h2-6,13,15-17,19H,7-12H2,1H3/t13?,15?,16-,17+/m0/s1. The van der Waals surface area contributed by atoms with Crippen LogP contribution in [0.1, 0.15) is 43.6 Å². The minimum atomic E-state index is -0.0206. The smallest absolute Gasteiger partial charge is 0.308 e. The van der Waals surface area contributed by atoms with E-state index in [9.17, 15) is 4.79 Å². The van der Waals surface area contributed by atoms with Crippen LogP contribution in [0.25, 0.3) is 0 Å². The Bertz CT molecular complexity index is 465. The van der Waals surface area contributed by atoms with Crippen molar-refractivity contribution in [3.8, 4) is 0 Å². The average Bonchev–Trinajstić information content (AvgIpc) is 3.33. The van der Waals surface area contributed by atoms with Gasteiger partial charge < -0.3 is 10.1 Å². The molecule has 0 heterocycles. The van der Waals surface area contributed by atoms with E-state index in [1.165, 1.54) is 19.1 Å². The summed E-state index contributed by atoms with van der Waals surface area (Å²) in [5, 5.41) is 3.72. The van der Waals surface area contributed by atoms with Gasteiger partial charge in [-0.05, 0) is 50.1 Å². The number of hydrogen-bond donors (Lipinski definition) is 1. The molecule has 21 heavy (non-hydrogen) atoms. The molecule has 2 aliphatic carbocycles. The third-order valence-electron chi connectivity index (χ3n) is 5.07. The van der Waals surface area contributed by atoms with Crippen molar-refractivity contribution < 1.29 is 9.53 Å². The second kappa shape index (κ2) is 6.61. The van der Waals surface area contributed by atoms with Crippen LogP contribution in [0, 0.1) is 11.8 Å². The number of carbonyl (C=O) groups excluding carboxylic acids is 1. The van der Waals surface area contributed by atoms with Crippen LogP contribution in [-0.4, -0.2) is 25.7 Å². The molecular formula is C18H25NO2. The number of methoxy groups -OCH3 is 1. The highest BCUT2D eigenvalue weighted by Gasteiger charge is 2.38. The average molecular weight is 287 g/mol. The minimum absolute atomic E-state index is 0.0206. The highest BCUT2D eigenvalue weighted by Crippen LogP contribution is 2.41. The Balaban J connectivity index is 1.37. The fourth-order valence-corrected chi connectivity index (χ4v) is 3.58. The molecule has 2 atom stereocenters. The summed E-state index contributed by atoms with van der Waals surface area (Å²) >= 11 is 0. The molecule has 0 unspecified atom stereocenters. The Morgan fingerprint density at radius 1 is 1.19 bits per heavy atom. The number of carbonyl (C=O) groups is 1. The molecule has 0 aromatic heterocycles. The topological polar surface area (TPSA) is 38.3 Å². The van der Waals surface area contributed by atoms with Crippen LogP contribution in [0.4, 0.5) is 0 Å². The van der Waals surface area contributed by atoms with Gasteiger partial charge in [0.05, 0.1) is 13.0 Å². The summed E-state index contributed by atoms with van der Waals surface area (Å²) in [6, 6.07) is 11.4. The predicted molar refractivity (Wildman–Crippen MR) is 83.1 cm³/mol. The zero-order valence-electron chi connectivity index (χ0n) is 12.8. The van der Waals surface area contributed by atoms with Crippen molar-refractivity contribution in [1.82, 2.24) is 5.32 Å². The molecule has 0 saturated heterocycles. The zero-order chi connectivity index (χ0) is 14.7. The molecule has 0 spiro atoms. The maximum absolute atomic E-state index is 11.5. The van der Waals surface area contributed by atoms with Gasteiger partial charge in [0.2, 0.25) is 0 Å². The molecule has 1 aromatic rings. The van der Waals surface area contributed by atoms with Gasteiger partial charge in [0.1, 0.15) is 0 Å². The summed E-state index contributed by atoms with van der Waals surface area (Å²) in [6.45, 7) is 1.10. The summed E-state index contributed by atoms with van der Waals surface area (Å²) in [5.74, 6) is 1.55. The fourth-order valence-electron chi connectivity index (χ4n) is 3.58. The molecule has 3 heteroatoms. The molecule has 3 rings (SSSR count). The van der Waals surface area contributed by atoms with Gasteiger partial charge in [-0.3, -0.25) is 4.79 Å². The molecule has 0 amide bonds. The van der Waals surface area contributed by atoms with E-state index in [2.05, 4.69) is 35.6 Å². The highest BCUT2D eigenvalue weighted by atomic mass is 16.5. The van der Waals surface area contributed by atoms with Gasteiger partial charge in [-0.2, -0.15) is 0 Å². The first-order valence-corrected chi connectivity index (χ1v) is 8.14. The molecule has 0 radical (unpaired) electrons. The zero-order valence-corrected chi connectivity index (χ0v) is 12.8. The van der Waals surface area contributed by atoms with Crippen molar-refractivity contribution in [2.45, 2.75) is 44.1 Å². The number of nitrogens with one attached hydrogen (secondary N) is 1. The second-order valence-electron chi connectivity index (χ2n) is 6.51. The monoisotopic (exact) mass is 287 g/mol. The van der Waals surface area contributed by atoms with Gasteiger partial charge in [-0.15, -0.1) is 0 Å². The van der Waals surface area contributed by atoms with Crippen LogP contribution >= 0.6 is 0 Å². The van der Waals surface area contributed by atoms with Gasteiger partial charge >= 0.3 is 5.97 Å². The second-order valence-corrected chi connectivity index (χ2v) is 6.51. The molecule has 2 fully saturated rings. The molecule has 0 aliphatic heterocycles. The lowest BCUT2D eigenvalue weighted by atomic mass is 9.82. The fraction of sp³-hybridized carbons (Fsp3) is 0.611. The molecule has 0 bridgehead atoms. The first kappa shape index (κ1) is 14.6. The van der Waals surface area contributed by atoms with Gasteiger partial charge in [-0.1, -0.05) is 30.3 Å². The number of ether oxygens (including phenoxy) is 1. The molecule has 2 saturated carbocycles. The van der Waals surface area contributed by atoms with Crippen LogP contribution in [0.15, 0.2) is 30.3 Å². The summed E-state index contributed by atoms with van der Waals surface area (Å²) in [7, 11) is 1.49. The van der Waals surface area contributed by atoms with E-state index in [4.69, 9.17) is 4.74 Å².